The smallest absolute Gasteiger partial charge is 0.330 e. The predicted octanol–water partition coefficient (Wildman–Crippen LogP) is 2.09. The van der Waals surface area contributed by atoms with Crippen LogP contribution in [0.5, 0.6) is 0 Å². The maximum Gasteiger partial charge on any atom is 0.418 e. The zero-order valence-electron chi connectivity index (χ0n) is 8.01. The first kappa shape index (κ1) is 10.4. The predicted molar refractivity (Wildman–Crippen MR) is 49.2 cm³/mol. The number of alkyl halides is 3. The molecule has 0 radical (unpaired) electrons. The second kappa shape index (κ2) is 3.20. The Morgan fingerprint density at radius 1 is 1.40 bits per heavy atom. The molecule has 5 heteroatoms. The molecule has 2 nitrogen and oxygen atoms in total. The maximum atomic E-state index is 12.7. The molecule has 1 heterocycles. The van der Waals surface area contributed by atoms with Gasteiger partial charge in [-0.25, -0.2) is 0 Å². The Balaban J connectivity index is 2.48. The summed E-state index contributed by atoms with van der Waals surface area (Å²) in [6.45, 7) is 0.264. The highest BCUT2D eigenvalue weighted by atomic mass is 19.4. The Bertz CT molecular complexity index is 369. The van der Waals surface area contributed by atoms with Gasteiger partial charge in [0, 0.05) is 24.4 Å². The molecule has 0 aromatic carbocycles. The average Bonchev–Trinajstić information content (AvgIpc) is 2.97. The number of hydrogen-bond acceptors (Lipinski definition) is 2. The van der Waals surface area contributed by atoms with E-state index in [0.717, 1.165) is 19.0 Å². The van der Waals surface area contributed by atoms with Gasteiger partial charge in [-0.2, -0.15) is 13.2 Å². The van der Waals surface area contributed by atoms with E-state index in [0.29, 0.717) is 5.56 Å². The molecule has 1 fully saturated rings. The van der Waals surface area contributed by atoms with Crippen LogP contribution >= 0.6 is 0 Å². The van der Waals surface area contributed by atoms with Crippen LogP contribution in [-0.2, 0) is 11.6 Å². The molecule has 2 rings (SSSR count). The number of aromatic nitrogens is 1. The number of pyridine rings is 1. The van der Waals surface area contributed by atoms with E-state index in [-0.39, 0.29) is 6.54 Å². The standard InChI is InChI=1S/C10H11F3N2/c11-10(12,13)8-5-15-4-1-7(8)9(6-14)2-3-9/h1,4-5H,2-3,6,14H2. The SMILES string of the molecule is NCC1(c2ccncc2C(F)(F)F)CC1. The minimum atomic E-state index is -4.34. The lowest BCUT2D eigenvalue weighted by molar-refractivity contribution is -0.138. The third-order valence-corrected chi connectivity index (χ3v) is 2.94. The summed E-state index contributed by atoms with van der Waals surface area (Å²) in [6.07, 6.45) is -0.604. The number of halogens is 3. The molecular weight excluding hydrogens is 205 g/mol. The lowest BCUT2D eigenvalue weighted by Gasteiger charge is -2.18. The third-order valence-electron chi connectivity index (χ3n) is 2.94. The number of rotatable bonds is 2. The average molecular weight is 216 g/mol. The van der Waals surface area contributed by atoms with Crippen LogP contribution in [0.15, 0.2) is 18.5 Å². The van der Waals surface area contributed by atoms with Crippen molar-refractivity contribution in [2.75, 3.05) is 6.54 Å². The molecule has 82 valence electrons. The van der Waals surface area contributed by atoms with Crippen molar-refractivity contribution < 1.29 is 13.2 Å². The molecule has 1 aliphatic carbocycles. The Kier molecular flexibility index (Phi) is 2.22. The Labute approximate surface area is 85.3 Å². The van der Waals surface area contributed by atoms with Crippen LogP contribution in [0.25, 0.3) is 0 Å². The lowest BCUT2D eigenvalue weighted by atomic mass is 9.92. The van der Waals surface area contributed by atoms with Crippen molar-refractivity contribution in [1.82, 2.24) is 4.98 Å². The molecule has 0 unspecified atom stereocenters. The highest BCUT2D eigenvalue weighted by Gasteiger charge is 2.48. The zero-order valence-corrected chi connectivity index (χ0v) is 8.01. The second-order valence-corrected chi connectivity index (χ2v) is 3.90. The molecule has 15 heavy (non-hydrogen) atoms. The van der Waals surface area contributed by atoms with Crippen molar-refractivity contribution in [2.24, 2.45) is 5.73 Å². The van der Waals surface area contributed by atoms with Gasteiger partial charge in [-0.3, -0.25) is 4.98 Å². The lowest BCUT2D eigenvalue weighted by Crippen LogP contribution is -2.24. The molecule has 1 aliphatic rings. The summed E-state index contributed by atoms with van der Waals surface area (Å²) in [5.74, 6) is 0. The maximum absolute atomic E-state index is 12.7. The van der Waals surface area contributed by atoms with Crippen molar-refractivity contribution in [2.45, 2.75) is 24.4 Å². The van der Waals surface area contributed by atoms with Crippen molar-refractivity contribution in [3.8, 4) is 0 Å². The molecule has 0 saturated heterocycles. The van der Waals surface area contributed by atoms with Crippen LogP contribution in [0.1, 0.15) is 24.0 Å². The first-order valence-electron chi connectivity index (χ1n) is 4.71. The van der Waals surface area contributed by atoms with E-state index in [1.165, 1.54) is 12.3 Å². The Morgan fingerprint density at radius 3 is 2.53 bits per heavy atom. The Hall–Kier alpha value is -1.10. The van der Waals surface area contributed by atoms with Crippen molar-refractivity contribution in [3.05, 3.63) is 29.6 Å². The topological polar surface area (TPSA) is 38.9 Å². The van der Waals surface area contributed by atoms with Crippen LogP contribution in [-0.4, -0.2) is 11.5 Å². The fourth-order valence-electron chi connectivity index (χ4n) is 1.82. The number of nitrogens with zero attached hydrogens (tertiary/aromatic N) is 1. The van der Waals surface area contributed by atoms with Gasteiger partial charge < -0.3 is 5.73 Å². The fourth-order valence-corrected chi connectivity index (χ4v) is 1.82. The summed E-state index contributed by atoms with van der Waals surface area (Å²) in [5.41, 5.74) is 4.73. The third kappa shape index (κ3) is 1.71. The number of nitrogens with two attached hydrogens (primary N) is 1. The van der Waals surface area contributed by atoms with E-state index in [1.54, 1.807) is 0 Å². The highest BCUT2D eigenvalue weighted by molar-refractivity contribution is 5.38. The first-order chi connectivity index (χ1) is 6.99. The van der Waals surface area contributed by atoms with Crippen molar-refractivity contribution in [1.29, 1.82) is 0 Å². The minimum absolute atomic E-state index is 0.264. The van der Waals surface area contributed by atoms with E-state index in [1.807, 2.05) is 0 Å². The first-order valence-corrected chi connectivity index (χ1v) is 4.71. The molecule has 0 aliphatic heterocycles. The van der Waals surface area contributed by atoms with Gasteiger partial charge in [0.1, 0.15) is 0 Å². The summed E-state index contributed by atoms with van der Waals surface area (Å²) in [7, 11) is 0. The minimum Gasteiger partial charge on any atom is -0.330 e. The molecule has 2 N–H and O–H groups in total. The van der Waals surface area contributed by atoms with Crippen molar-refractivity contribution >= 4 is 0 Å². The van der Waals surface area contributed by atoms with E-state index >= 15 is 0 Å². The van der Waals surface area contributed by atoms with Gasteiger partial charge in [0.2, 0.25) is 0 Å². The van der Waals surface area contributed by atoms with Crippen LogP contribution in [0, 0.1) is 0 Å². The summed E-state index contributed by atoms with van der Waals surface area (Å²) >= 11 is 0. The summed E-state index contributed by atoms with van der Waals surface area (Å²) in [5, 5.41) is 0. The Morgan fingerprint density at radius 2 is 2.07 bits per heavy atom. The van der Waals surface area contributed by atoms with Crippen LogP contribution in [0.2, 0.25) is 0 Å². The van der Waals surface area contributed by atoms with Gasteiger partial charge >= 0.3 is 6.18 Å². The van der Waals surface area contributed by atoms with E-state index in [4.69, 9.17) is 5.73 Å². The molecule has 1 saturated carbocycles. The quantitative estimate of drug-likeness (QED) is 0.822. The van der Waals surface area contributed by atoms with Crippen LogP contribution in [0.3, 0.4) is 0 Å². The molecular formula is C10H11F3N2. The van der Waals surface area contributed by atoms with Gasteiger partial charge in [-0.05, 0) is 24.5 Å². The highest BCUT2D eigenvalue weighted by Crippen LogP contribution is 2.50. The molecule has 1 aromatic rings. The molecule has 0 spiro atoms. The van der Waals surface area contributed by atoms with Crippen molar-refractivity contribution in [3.63, 3.8) is 0 Å². The monoisotopic (exact) mass is 216 g/mol. The fraction of sp³-hybridized carbons (Fsp3) is 0.500. The molecule has 0 atom stereocenters. The van der Waals surface area contributed by atoms with E-state index < -0.39 is 17.2 Å². The largest absolute Gasteiger partial charge is 0.418 e. The van der Waals surface area contributed by atoms with Gasteiger partial charge in [0.05, 0.1) is 5.56 Å². The summed E-state index contributed by atoms with van der Waals surface area (Å²) < 4.78 is 38.0. The van der Waals surface area contributed by atoms with E-state index in [9.17, 15) is 13.2 Å². The van der Waals surface area contributed by atoms with Crippen LogP contribution < -0.4 is 5.73 Å². The zero-order chi connectivity index (χ0) is 11.1. The van der Waals surface area contributed by atoms with E-state index in [2.05, 4.69) is 4.98 Å². The summed E-state index contributed by atoms with van der Waals surface area (Å²) in [4.78, 5) is 3.53. The van der Waals surface area contributed by atoms with Gasteiger partial charge in [0.15, 0.2) is 0 Å². The van der Waals surface area contributed by atoms with Gasteiger partial charge in [-0.1, -0.05) is 0 Å². The molecule has 0 bridgehead atoms. The van der Waals surface area contributed by atoms with Gasteiger partial charge in [-0.15, -0.1) is 0 Å². The van der Waals surface area contributed by atoms with Gasteiger partial charge in [0.25, 0.3) is 0 Å². The number of hydrogen-bond donors (Lipinski definition) is 1. The normalized spacial score (nSPS) is 18.9. The van der Waals surface area contributed by atoms with Crippen LogP contribution in [0.4, 0.5) is 13.2 Å². The second-order valence-electron chi connectivity index (χ2n) is 3.90. The molecule has 1 aromatic heterocycles. The summed E-state index contributed by atoms with van der Waals surface area (Å²) in [6, 6.07) is 1.43. The molecule has 0 amide bonds.